The highest BCUT2D eigenvalue weighted by atomic mass is 15.4. The van der Waals surface area contributed by atoms with E-state index in [1.54, 1.807) is 0 Å². The molecule has 2 N–H and O–H groups in total. The first-order chi connectivity index (χ1) is 10.1. The molecule has 116 valence electrons. The largest absolute Gasteiger partial charge is 0.354 e. The van der Waals surface area contributed by atoms with Crippen LogP contribution < -0.4 is 10.6 Å². The van der Waals surface area contributed by atoms with Gasteiger partial charge in [-0.1, -0.05) is 6.07 Å². The third kappa shape index (κ3) is 2.78. The molecule has 0 aliphatic carbocycles. The van der Waals surface area contributed by atoms with Crippen molar-refractivity contribution in [1.29, 1.82) is 0 Å². The number of nitrogens with zero attached hydrogens (tertiary/aromatic N) is 4. The van der Waals surface area contributed by atoms with Crippen molar-refractivity contribution in [2.45, 2.75) is 24.9 Å². The maximum atomic E-state index is 6.18. The number of aromatic nitrogens is 1. The van der Waals surface area contributed by atoms with Gasteiger partial charge in [0.15, 0.2) is 0 Å². The van der Waals surface area contributed by atoms with Gasteiger partial charge >= 0.3 is 0 Å². The second-order valence-electron chi connectivity index (χ2n) is 6.56. The van der Waals surface area contributed by atoms with Gasteiger partial charge in [-0.25, -0.2) is 4.98 Å². The molecule has 0 spiro atoms. The molecule has 3 heterocycles. The van der Waals surface area contributed by atoms with Gasteiger partial charge in [0, 0.05) is 57.0 Å². The zero-order valence-electron chi connectivity index (χ0n) is 13.2. The predicted molar refractivity (Wildman–Crippen MR) is 86.5 cm³/mol. The molecule has 2 fully saturated rings. The van der Waals surface area contributed by atoms with Crippen LogP contribution in [0.3, 0.4) is 0 Å². The molecule has 0 bridgehead atoms. The fourth-order valence-corrected chi connectivity index (χ4v) is 3.85. The Balaban J connectivity index is 1.65. The average molecular weight is 289 g/mol. The summed E-state index contributed by atoms with van der Waals surface area (Å²) in [5, 5.41) is 0. The highest BCUT2D eigenvalue weighted by molar-refractivity contribution is 5.38. The second-order valence-corrected chi connectivity index (χ2v) is 6.56. The molecular formula is C16H27N5. The number of rotatable bonds is 3. The van der Waals surface area contributed by atoms with Crippen molar-refractivity contribution in [2.24, 2.45) is 5.73 Å². The second kappa shape index (κ2) is 5.91. The van der Waals surface area contributed by atoms with Gasteiger partial charge in [-0.3, -0.25) is 4.90 Å². The third-order valence-corrected chi connectivity index (χ3v) is 5.28. The quantitative estimate of drug-likeness (QED) is 0.884. The fourth-order valence-electron chi connectivity index (χ4n) is 3.85. The van der Waals surface area contributed by atoms with Crippen molar-refractivity contribution < 1.29 is 0 Å². The molecule has 0 amide bonds. The van der Waals surface area contributed by atoms with E-state index < -0.39 is 0 Å². The van der Waals surface area contributed by atoms with Crippen LogP contribution in [0.1, 0.15) is 13.3 Å². The van der Waals surface area contributed by atoms with Crippen molar-refractivity contribution in [1.82, 2.24) is 14.8 Å². The molecule has 0 aromatic carbocycles. The molecule has 5 heteroatoms. The first kappa shape index (κ1) is 14.8. The molecule has 2 aliphatic heterocycles. The van der Waals surface area contributed by atoms with Gasteiger partial charge in [-0.2, -0.15) is 0 Å². The lowest BCUT2D eigenvalue weighted by Gasteiger charge is -2.45. The zero-order chi connectivity index (χ0) is 14.9. The van der Waals surface area contributed by atoms with Crippen LogP contribution in [0.5, 0.6) is 0 Å². The smallest absolute Gasteiger partial charge is 0.128 e. The maximum absolute atomic E-state index is 6.18. The van der Waals surface area contributed by atoms with Crippen molar-refractivity contribution in [3.8, 4) is 0 Å². The molecule has 1 aromatic heterocycles. The molecule has 2 saturated heterocycles. The van der Waals surface area contributed by atoms with E-state index in [2.05, 4.69) is 45.8 Å². The number of hydrogen-bond donors (Lipinski definition) is 1. The summed E-state index contributed by atoms with van der Waals surface area (Å²) in [5.41, 5.74) is 6.35. The topological polar surface area (TPSA) is 48.6 Å². The van der Waals surface area contributed by atoms with E-state index in [0.717, 1.165) is 45.1 Å². The summed E-state index contributed by atoms with van der Waals surface area (Å²) in [6.45, 7) is 8.39. The monoisotopic (exact) mass is 289 g/mol. The Hall–Kier alpha value is -1.17. The summed E-state index contributed by atoms with van der Waals surface area (Å²) in [7, 11) is 2.21. The van der Waals surface area contributed by atoms with Crippen LogP contribution in [-0.4, -0.2) is 72.7 Å². The van der Waals surface area contributed by atoms with E-state index in [-0.39, 0.29) is 5.54 Å². The molecule has 2 unspecified atom stereocenters. The number of pyridine rings is 1. The van der Waals surface area contributed by atoms with Gasteiger partial charge in [-0.05, 0) is 32.5 Å². The van der Waals surface area contributed by atoms with Gasteiger partial charge in [0.25, 0.3) is 0 Å². The Morgan fingerprint density at radius 2 is 2.05 bits per heavy atom. The minimum atomic E-state index is 0.171. The molecule has 5 nitrogen and oxygen atoms in total. The van der Waals surface area contributed by atoms with E-state index >= 15 is 0 Å². The fraction of sp³-hybridized carbons (Fsp3) is 0.688. The minimum absolute atomic E-state index is 0.171. The number of likely N-dealkylation sites (N-methyl/N-ethyl adjacent to an activating group) is 1. The first-order valence-electron chi connectivity index (χ1n) is 7.96. The summed E-state index contributed by atoms with van der Waals surface area (Å²) in [6.07, 6.45) is 3.06. The molecule has 2 atom stereocenters. The molecule has 2 aliphatic rings. The van der Waals surface area contributed by atoms with Crippen LogP contribution in [-0.2, 0) is 0 Å². The molecule has 0 saturated carbocycles. The van der Waals surface area contributed by atoms with Crippen molar-refractivity contribution in [2.75, 3.05) is 51.2 Å². The van der Waals surface area contributed by atoms with Gasteiger partial charge in [-0.15, -0.1) is 0 Å². The molecular weight excluding hydrogens is 262 g/mol. The van der Waals surface area contributed by atoms with Crippen molar-refractivity contribution in [3.63, 3.8) is 0 Å². The number of nitrogens with two attached hydrogens (primary N) is 1. The van der Waals surface area contributed by atoms with Crippen molar-refractivity contribution in [3.05, 3.63) is 24.4 Å². The van der Waals surface area contributed by atoms with Gasteiger partial charge < -0.3 is 15.5 Å². The average Bonchev–Trinajstić information content (AvgIpc) is 2.84. The highest BCUT2D eigenvalue weighted by Crippen LogP contribution is 2.31. The van der Waals surface area contributed by atoms with Crippen LogP contribution in [0, 0.1) is 0 Å². The number of anilines is 1. The standard InChI is InChI=1S/C16H27N5/c1-14-11-16(12-17,13-19(14)2)21-9-7-20(8-10-21)15-5-3-4-6-18-15/h3-6,14H,7-13,17H2,1-2H3. The molecule has 0 radical (unpaired) electrons. The highest BCUT2D eigenvalue weighted by Gasteiger charge is 2.44. The lowest BCUT2D eigenvalue weighted by atomic mass is 9.93. The van der Waals surface area contributed by atoms with Crippen LogP contribution in [0.2, 0.25) is 0 Å². The van der Waals surface area contributed by atoms with E-state index in [4.69, 9.17) is 5.73 Å². The van der Waals surface area contributed by atoms with E-state index in [9.17, 15) is 0 Å². The van der Waals surface area contributed by atoms with E-state index in [1.807, 2.05) is 12.3 Å². The first-order valence-corrected chi connectivity index (χ1v) is 7.96. The summed E-state index contributed by atoms with van der Waals surface area (Å²) in [4.78, 5) is 11.9. The Bertz CT molecular complexity index is 445. The molecule has 1 aromatic rings. The number of hydrogen-bond acceptors (Lipinski definition) is 5. The van der Waals surface area contributed by atoms with Gasteiger partial charge in [0.1, 0.15) is 5.82 Å². The van der Waals surface area contributed by atoms with Crippen LogP contribution in [0.25, 0.3) is 0 Å². The molecule has 21 heavy (non-hydrogen) atoms. The lowest BCUT2D eigenvalue weighted by molar-refractivity contribution is 0.0943. The normalized spacial score (nSPS) is 31.8. The maximum Gasteiger partial charge on any atom is 0.128 e. The third-order valence-electron chi connectivity index (χ3n) is 5.28. The Labute approximate surface area is 127 Å². The van der Waals surface area contributed by atoms with E-state index in [0.29, 0.717) is 6.04 Å². The van der Waals surface area contributed by atoms with Crippen molar-refractivity contribution >= 4 is 5.82 Å². The van der Waals surface area contributed by atoms with Crippen LogP contribution in [0.4, 0.5) is 5.82 Å². The summed E-state index contributed by atoms with van der Waals surface area (Å²) >= 11 is 0. The number of likely N-dealkylation sites (tertiary alicyclic amines) is 1. The Morgan fingerprint density at radius 3 is 2.57 bits per heavy atom. The lowest BCUT2D eigenvalue weighted by Crippen LogP contribution is -2.61. The van der Waals surface area contributed by atoms with Crippen LogP contribution in [0.15, 0.2) is 24.4 Å². The van der Waals surface area contributed by atoms with Gasteiger partial charge in [0.2, 0.25) is 0 Å². The summed E-state index contributed by atoms with van der Waals surface area (Å²) in [5.74, 6) is 1.09. The predicted octanol–water partition coefficient (Wildman–Crippen LogP) is 0.625. The number of piperazine rings is 1. The van der Waals surface area contributed by atoms with Gasteiger partial charge in [0.05, 0.1) is 0 Å². The zero-order valence-corrected chi connectivity index (χ0v) is 13.2. The summed E-state index contributed by atoms with van der Waals surface area (Å²) < 4.78 is 0. The van der Waals surface area contributed by atoms with Crippen LogP contribution >= 0.6 is 0 Å². The Morgan fingerprint density at radius 1 is 1.29 bits per heavy atom. The van der Waals surface area contributed by atoms with E-state index in [1.165, 1.54) is 6.42 Å². The minimum Gasteiger partial charge on any atom is -0.354 e. The SMILES string of the molecule is CC1CC(CN)(N2CCN(c3ccccn3)CC2)CN1C. The molecule has 3 rings (SSSR count). The summed E-state index contributed by atoms with van der Waals surface area (Å²) in [6, 6.07) is 6.75. The Kier molecular flexibility index (Phi) is 4.15.